The minimum Gasteiger partial charge on any atom is -0.487 e. The molecule has 8 nitrogen and oxygen atoms in total. The molecule has 0 spiro atoms. The minimum absolute atomic E-state index is 0.0462. The number of nitrogens with two attached hydrogens (primary N) is 1. The van der Waals surface area contributed by atoms with E-state index in [-0.39, 0.29) is 13.2 Å². The van der Waals surface area contributed by atoms with Crippen LogP contribution in [-0.4, -0.2) is 42.3 Å². The Kier molecular flexibility index (Phi) is 8.97. The molecule has 170 valence electrons. The Morgan fingerprint density at radius 3 is 2.50 bits per heavy atom. The molecular formula is C23H25ClN2O6. The maximum absolute atomic E-state index is 11.8. The molecule has 0 aliphatic rings. The Balaban J connectivity index is 2.00. The van der Waals surface area contributed by atoms with Crippen LogP contribution >= 0.6 is 11.6 Å². The first-order valence-corrected chi connectivity index (χ1v) is 9.91. The lowest BCUT2D eigenvalue weighted by molar-refractivity contribution is -0.138. The Hall–Kier alpha value is -3.65. The predicted octanol–water partition coefficient (Wildman–Crippen LogP) is 4.25. The van der Waals surface area contributed by atoms with Gasteiger partial charge in [-0.2, -0.15) is 0 Å². The Morgan fingerprint density at radius 2 is 1.88 bits per heavy atom. The van der Waals surface area contributed by atoms with Gasteiger partial charge in [-0.05, 0) is 48.9 Å². The van der Waals surface area contributed by atoms with Gasteiger partial charge in [-0.25, -0.2) is 4.79 Å². The fourth-order valence-corrected chi connectivity index (χ4v) is 2.77. The van der Waals surface area contributed by atoms with Gasteiger partial charge in [0.05, 0.1) is 12.8 Å². The normalized spacial score (nSPS) is 11.2. The second-order valence-electron chi connectivity index (χ2n) is 6.77. The number of amides is 1. The van der Waals surface area contributed by atoms with Gasteiger partial charge in [-0.15, -0.1) is 0 Å². The number of allylic oxidation sites excluding steroid dienone is 1. The first-order valence-electron chi connectivity index (χ1n) is 9.54. The molecule has 0 heterocycles. The number of hydrogen-bond donors (Lipinski definition) is 2. The SMILES string of the molecule is C=C(O/C(C)=C(\N)COc1cccc(CN(CC(=O)O)C(=O)OC)c1)c1ccc(Cl)cc1. The topological polar surface area (TPSA) is 111 Å². The summed E-state index contributed by atoms with van der Waals surface area (Å²) in [5.41, 5.74) is 7.89. The fraction of sp³-hybridized carbons (Fsp3) is 0.217. The molecule has 3 N–H and O–H groups in total. The van der Waals surface area contributed by atoms with E-state index in [2.05, 4.69) is 11.3 Å². The fourth-order valence-electron chi connectivity index (χ4n) is 2.64. The molecule has 0 saturated carbocycles. The van der Waals surface area contributed by atoms with Crippen LogP contribution in [0.3, 0.4) is 0 Å². The van der Waals surface area contributed by atoms with Crippen LogP contribution in [0, 0.1) is 0 Å². The lowest BCUT2D eigenvalue weighted by atomic mass is 10.2. The predicted molar refractivity (Wildman–Crippen MR) is 121 cm³/mol. The zero-order valence-electron chi connectivity index (χ0n) is 17.8. The summed E-state index contributed by atoms with van der Waals surface area (Å²) in [5, 5.41) is 9.60. The number of carboxylic acid groups (broad SMARTS) is 1. The van der Waals surface area contributed by atoms with Gasteiger partial charge in [-0.1, -0.05) is 30.3 Å². The average Bonchev–Trinajstić information content (AvgIpc) is 2.76. The van der Waals surface area contributed by atoms with E-state index in [1.54, 1.807) is 55.5 Å². The van der Waals surface area contributed by atoms with Crippen LogP contribution in [0.5, 0.6) is 5.75 Å². The molecule has 32 heavy (non-hydrogen) atoms. The molecule has 0 saturated heterocycles. The third-order valence-corrected chi connectivity index (χ3v) is 4.57. The Bertz CT molecular complexity index is 1000. The van der Waals surface area contributed by atoms with Gasteiger partial charge in [0.25, 0.3) is 0 Å². The van der Waals surface area contributed by atoms with Crippen LogP contribution in [0.4, 0.5) is 4.79 Å². The summed E-state index contributed by atoms with van der Waals surface area (Å²) < 4.78 is 16.1. The third kappa shape index (κ3) is 7.55. The summed E-state index contributed by atoms with van der Waals surface area (Å²) in [6.07, 6.45) is -0.736. The first kappa shape index (κ1) is 24.6. The zero-order chi connectivity index (χ0) is 23.7. The molecule has 0 unspecified atom stereocenters. The van der Waals surface area contributed by atoms with Crippen molar-refractivity contribution in [3.8, 4) is 5.75 Å². The Morgan fingerprint density at radius 1 is 1.19 bits per heavy atom. The minimum atomic E-state index is -1.14. The highest BCUT2D eigenvalue weighted by atomic mass is 35.5. The number of carbonyl (C=O) groups excluding carboxylic acids is 1. The molecule has 2 rings (SSSR count). The van der Waals surface area contributed by atoms with Crippen molar-refractivity contribution in [1.29, 1.82) is 0 Å². The molecule has 1 amide bonds. The number of rotatable bonds is 10. The summed E-state index contributed by atoms with van der Waals surface area (Å²) in [6.45, 7) is 5.22. The van der Waals surface area contributed by atoms with Gasteiger partial charge in [0.1, 0.15) is 30.4 Å². The molecule has 0 radical (unpaired) electrons. The maximum atomic E-state index is 11.8. The van der Waals surface area contributed by atoms with Gasteiger partial charge < -0.3 is 25.1 Å². The van der Waals surface area contributed by atoms with Crippen molar-refractivity contribution in [2.24, 2.45) is 5.73 Å². The highest BCUT2D eigenvalue weighted by molar-refractivity contribution is 6.30. The van der Waals surface area contributed by atoms with E-state index in [0.717, 1.165) is 10.5 Å². The van der Waals surface area contributed by atoms with Crippen molar-refractivity contribution in [1.82, 2.24) is 4.90 Å². The largest absolute Gasteiger partial charge is 0.487 e. The van der Waals surface area contributed by atoms with Crippen LogP contribution in [0.2, 0.25) is 5.02 Å². The molecule has 9 heteroatoms. The van der Waals surface area contributed by atoms with Crippen LogP contribution in [0.15, 0.2) is 66.6 Å². The Labute approximate surface area is 191 Å². The van der Waals surface area contributed by atoms with Gasteiger partial charge in [0.2, 0.25) is 0 Å². The van der Waals surface area contributed by atoms with E-state index >= 15 is 0 Å². The third-order valence-electron chi connectivity index (χ3n) is 4.32. The average molecular weight is 461 g/mol. The van der Waals surface area contributed by atoms with E-state index in [1.807, 2.05) is 0 Å². The van der Waals surface area contributed by atoms with E-state index in [4.69, 9.17) is 31.9 Å². The van der Waals surface area contributed by atoms with Crippen molar-refractivity contribution < 1.29 is 28.9 Å². The van der Waals surface area contributed by atoms with Gasteiger partial charge in [0, 0.05) is 17.1 Å². The van der Waals surface area contributed by atoms with Gasteiger partial charge >= 0.3 is 12.1 Å². The van der Waals surface area contributed by atoms with E-state index in [9.17, 15) is 9.59 Å². The summed E-state index contributed by atoms with van der Waals surface area (Å²) in [6, 6.07) is 13.9. The summed E-state index contributed by atoms with van der Waals surface area (Å²) in [5.74, 6) is 0.219. The number of nitrogens with zero attached hydrogens (tertiary/aromatic N) is 1. The summed E-state index contributed by atoms with van der Waals surface area (Å²) >= 11 is 5.89. The van der Waals surface area contributed by atoms with Gasteiger partial charge in [-0.3, -0.25) is 9.69 Å². The highest BCUT2D eigenvalue weighted by Gasteiger charge is 2.17. The number of halogens is 1. The highest BCUT2D eigenvalue weighted by Crippen LogP contribution is 2.21. The van der Waals surface area contributed by atoms with Gasteiger partial charge in [0.15, 0.2) is 0 Å². The number of aliphatic carboxylic acids is 1. The monoisotopic (exact) mass is 460 g/mol. The number of methoxy groups -OCH3 is 1. The smallest absolute Gasteiger partial charge is 0.410 e. The second kappa shape index (κ2) is 11.7. The van der Waals surface area contributed by atoms with Crippen LogP contribution in [-0.2, 0) is 20.8 Å². The molecular weight excluding hydrogens is 436 g/mol. The lowest BCUT2D eigenvalue weighted by Gasteiger charge is -2.19. The molecule has 0 aromatic heterocycles. The lowest BCUT2D eigenvalue weighted by Crippen LogP contribution is -2.35. The van der Waals surface area contributed by atoms with E-state index in [1.165, 1.54) is 7.11 Å². The van der Waals surface area contributed by atoms with Crippen LogP contribution in [0.1, 0.15) is 18.1 Å². The van der Waals surface area contributed by atoms with E-state index < -0.39 is 18.6 Å². The van der Waals surface area contributed by atoms with Crippen molar-refractivity contribution in [2.45, 2.75) is 13.5 Å². The molecule has 0 bridgehead atoms. The standard InChI is InChI=1S/C23H25ClN2O6/c1-15(18-7-9-19(24)10-8-18)32-16(2)21(25)14-31-20-6-4-5-17(11-20)12-26(13-22(27)28)23(29)30-3/h4-11H,1,12-14,25H2,2-3H3,(H,27,28)/b21-16-. The molecule has 2 aromatic carbocycles. The zero-order valence-corrected chi connectivity index (χ0v) is 18.6. The molecule has 0 atom stereocenters. The van der Waals surface area contributed by atoms with Crippen molar-refractivity contribution in [3.63, 3.8) is 0 Å². The number of carbonyl (C=O) groups is 2. The van der Waals surface area contributed by atoms with Crippen LogP contribution in [0.25, 0.3) is 5.76 Å². The van der Waals surface area contributed by atoms with Crippen LogP contribution < -0.4 is 10.5 Å². The quantitative estimate of drug-likeness (QED) is 0.510. The molecule has 0 aliphatic carbocycles. The number of carboxylic acids is 1. The van der Waals surface area contributed by atoms with Crippen molar-refractivity contribution in [3.05, 3.63) is 82.7 Å². The van der Waals surface area contributed by atoms with E-state index in [0.29, 0.717) is 33.6 Å². The molecule has 2 aromatic rings. The summed E-state index contributed by atoms with van der Waals surface area (Å²) in [7, 11) is 1.19. The maximum Gasteiger partial charge on any atom is 0.410 e. The molecule has 0 aliphatic heterocycles. The number of ether oxygens (including phenoxy) is 3. The summed E-state index contributed by atoms with van der Waals surface area (Å²) in [4.78, 5) is 23.9. The second-order valence-corrected chi connectivity index (χ2v) is 7.21. The van der Waals surface area contributed by atoms with Crippen molar-refractivity contribution in [2.75, 3.05) is 20.3 Å². The first-order chi connectivity index (χ1) is 15.2. The van der Waals surface area contributed by atoms with Crippen molar-refractivity contribution >= 4 is 29.4 Å². The number of hydrogen-bond acceptors (Lipinski definition) is 6. The molecule has 0 fully saturated rings. The number of benzene rings is 2.